The monoisotopic (exact) mass is 213 g/mol. The summed E-state index contributed by atoms with van der Waals surface area (Å²) in [6, 6.07) is 1.14. The minimum absolute atomic E-state index is 0.448. The van der Waals surface area contributed by atoms with Crippen molar-refractivity contribution in [2.75, 3.05) is 6.61 Å². The molecule has 0 saturated carbocycles. The molecule has 0 amide bonds. The molecule has 1 aliphatic rings. The van der Waals surface area contributed by atoms with Gasteiger partial charge in [-0.15, -0.1) is 0 Å². The van der Waals surface area contributed by atoms with Gasteiger partial charge in [0.25, 0.3) is 0 Å². The number of ether oxygens (including phenoxy) is 1. The zero-order valence-corrected chi connectivity index (χ0v) is 10.8. The van der Waals surface area contributed by atoms with Crippen LogP contribution in [0.25, 0.3) is 0 Å². The first kappa shape index (κ1) is 13.0. The Morgan fingerprint density at radius 1 is 1.33 bits per heavy atom. The largest absolute Gasteiger partial charge is 0.375 e. The van der Waals surface area contributed by atoms with Gasteiger partial charge < -0.3 is 10.1 Å². The van der Waals surface area contributed by atoms with Crippen LogP contribution in [0.15, 0.2) is 0 Å². The Balaban J connectivity index is 2.40. The third-order valence-corrected chi connectivity index (χ3v) is 3.18. The summed E-state index contributed by atoms with van der Waals surface area (Å²) >= 11 is 0. The van der Waals surface area contributed by atoms with Crippen LogP contribution >= 0.6 is 0 Å². The molecule has 1 saturated heterocycles. The molecule has 2 heteroatoms. The Labute approximate surface area is 94.8 Å². The summed E-state index contributed by atoms with van der Waals surface area (Å²) in [5.41, 5.74) is 0. The average Bonchev–Trinajstić information content (AvgIpc) is 2.20. The zero-order chi connectivity index (χ0) is 11.3. The minimum Gasteiger partial charge on any atom is -0.375 e. The van der Waals surface area contributed by atoms with Gasteiger partial charge in [0.15, 0.2) is 0 Å². The fraction of sp³-hybridized carbons (Fsp3) is 1.00. The predicted octanol–water partition coefficient (Wildman–Crippen LogP) is 2.97. The van der Waals surface area contributed by atoms with Crippen molar-refractivity contribution in [1.82, 2.24) is 5.32 Å². The van der Waals surface area contributed by atoms with E-state index in [2.05, 4.69) is 33.0 Å². The van der Waals surface area contributed by atoms with Crippen molar-refractivity contribution < 1.29 is 4.74 Å². The van der Waals surface area contributed by atoms with Gasteiger partial charge in [-0.2, -0.15) is 0 Å². The van der Waals surface area contributed by atoms with Crippen LogP contribution in [0, 0.1) is 5.92 Å². The van der Waals surface area contributed by atoms with Crippen LogP contribution in [0.4, 0.5) is 0 Å². The Hall–Kier alpha value is -0.0800. The second-order valence-corrected chi connectivity index (χ2v) is 5.17. The van der Waals surface area contributed by atoms with Crippen LogP contribution in [-0.4, -0.2) is 24.8 Å². The molecule has 0 spiro atoms. The second kappa shape index (κ2) is 6.49. The highest BCUT2D eigenvalue weighted by molar-refractivity contribution is 4.85. The van der Waals surface area contributed by atoms with E-state index in [0.717, 1.165) is 12.5 Å². The molecule has 0 aromatic carbocycles. The maximum atomic E-state index is 5.97. The molecule has 1 rings (SSSR count). The van der Waals surface area contributed by atoms with Gasteiger partial charge in [-0.05, 0) is 25.2 Å². The van der Waals surface area contributed by atoms with Crippen LogP contribution in [-0.2, 0) is 4.74 Å². The Morgan fingerprint density at radius 3 is 2.60 bits per heavy atom. The van der Waals surface area contributed by atoms with Crippen LogP contribution in [0.1, 0.15) is 53.4 Å². The number of hydrogen-bond acceptors (Lipinski definition) is 2. The molecule has 0 aromatic heterocycles. The molecular weight excluding hydrogens is 186 g/mol. The highest BCUT2D eigenvalue weighted by Crippen LogP contribution is 2.19. The highest BCUT2D eigenvalue weighted by atomic mass is 16.5. The first-order valence-corrected chi connectivity index (χ1v) is 6.55. The first-order chi connectivity index (χ1) is 7.17. The van der Waals surface area contributed by atoms with Crippen LogP contribution in [0.2, 0.25) is 0 Å². The van der Waals surface area contributed by atoms with Crippen molar-refractivity contribution in [1.29, 1.82) is 0 Å². The maximum absolute atomic E-state index is 5.97. The second-order valence-electron chi connectivity index (χ2n) is 5.17. The van der Waals surface area contributed by atoms with E-state index >= 15 is 0 Å². The molecule has 1 heterocycles. The maximum Gasteiger partial charge on any atom is 0.0728 e. The lowest BCUT2D eigenvalue weighted by Gasteiger charge is -2.38. The normalized spacial score (nSPS) is 32.2. The van der Waals surface area contributed by atoms with Crippen molar-refractivity contribution in [3.63, 3.8) is 0 Å². The smallest absolute Gasteiger partial charge is 0.0728 e. The summed E-state index contributed by atoms with van der Waals surface area (Å²) in [7, 11) is 0. The van der Waals surface area contributed by atoms with Gasteiger partial charge in [0.05, 0.1) is 12.7 Å². The van der Waals surface area contributed by atoms with Gasteiger partial charge >= 0.3 is 0 Å². The zero-order valence-electron chi connectivity index (χ0n) is 10.8. The Kier molecular flexibility index (Phi) is 5.62. The average molecular weight is 213 g/mol. The Morgan fingerprint density at radius 2 is 2.07 bits per heavy atom. The van der Waals surface area contributed by atoms with E-state index in [9.17, 15) is 0 Å². The van der Waals surface area contributed by atoms with E-state index in [1.54, 1.807) is 0 Å². The van der Waals surface area contributed by atoms with E-state index in [-0.39, 0.29) is 0 Å². The van der Waals surface area contributed by atoms with Crippen LogP contribution < -0.4 is 5.32 Å². The first-order valence-electron chi connectivity index (χ1n) is 6.55. The van der Waals surface area contributed by atoms with Crippen molar-refractivity contribution in [2.24, 2.45) is 5.92 Å². The predicted molar refractivity (Wildman–Crippen MR) is 65.1 cm³/mol. The summed E-state index contributed by atoms with van der Waals surface area (Å²) in [6.07, 6.45) is 5.27. The number of nitrogens with one attached hydrogen (secondary N) is 1. The Bertz CT molecular complexity index is 170. The van der Waals surface area contributed by atoms with Gasteiger partial charge in [-0.1, -0.05) is 34.1 Å². The number of morpholine rings is 1. The number of hydrogen-bond donors (Lipinski definition) is 1. The third-order valence-electron chi connectivity index (χ3n) is 3.18. The molecule has 0 radical (unpaired) electrons. The van der Waals surface area contributed by atoms with Crippen molar-refractivity contribution in [3.05, 3.63) is 0 Å². The molecule has 3 unspecified atom stereocenters. The van der Waals surface area contributed by atoms with Gasteiger partial charge in [0.2, 0.25) is 0 Å². The van der Waals surface area contributed by atoms with Crippen LogP contribution in [0.5, 0.6) is 0 Å². The van der Waals surface area contributed by atoms with Crippen molar-refractivity contribution >= 4 is 0 Å². The van der Waals surface area contributed by atoms with E-state index in [1.165, 1.54) is 25.7 Å². The molecule has 0 aromatic rings. The molecule has 1 N–H and O–H groups in total. The van der Waals surface area contributed by atoms with Crippen molar-refractivity contribution in [2.45, 2.75) is 71.6 Å². The highest BCUT2D eigenvalue weighted by Gasteiger charge is 2.28. The topological polar surface area (TPSA) is 21.3 Å². The molecule has 2 nitrogen and oxygen atoms in total. The summed E-state index contributed by atoms with van der Waals surface area (Å²) in [5, 5.41) is 3.74. The SMILES string of the molecule is CCCC1OCC(CC(C)C)NC1CC. The summed E-state index contributed by atoms with van der Waals surface area (Å²) < 4.78 is 5.97. The molecule has 0 aliphatic carbocycles. The molecule has 15 heavy (non-hydrogen) atoms. The van der Waals surface area contributed by atoms with E-state index in [0.29, 0.717) is 18.2 Å². The van der Waals surface area contributed by atoms with Gasteiger partial charge in [0.1, 0.15) is 0 Å². The standard InChI is InChI=1S/C13H27NO/c1-5-7-13-12(6-2)14-11(9-15-13)8-10(3)4/h10-14H,5-9H2,1-4H3. The fourth-order valence-electron chi connectivity index (χ4n) is 2.47. The third kappa shape index (κ3) is 4.12. The van der Waals surface area contributed by atoms with Gasteiger partial charge in [0, 0.05) is 12.1 Å². The molecule has 3 atom stereocenters. The fourth-order valence-corrected chi connectivity index (χ4v) is 2.47. The van der Waals surface area contributed by atoms with Crippen molar-refractivity contribution in [3.8, 4) is 0 Å². The van der Waals surface area contributed by atoms with E-state index < -0.39 is 0 Å². The molecule has 1 fully saturated rings. The lowest BCUT2D eigenvalue weighted by atomic mass is 9.97. The lowest BCUT2D eigenvalue weighted by Crippen LogP contribution is -2.54. The van der Waals surface area contributed by atoms with E-state index in [1.807, 2.05) is 0 Å². The minimum atomic E-state index is 0.448. The summed E-state index contributed by atoms with van der Waals surface area (Å²) in [5.74, 6) is 0.756. The molecular formula is C13H27NO. The summed E-state index contributed by atoms with van der Waals surface area (Å²) in [6.45, 7) is 9.94. The van der Waals surface area contributed by atoms with Gasteiger partial charge in [-0.25, -0.2) is 0 Å². The summed E-state index contributed by atoms with van der Waals surface area (Å²) in [4.78, 5) is 0. The lowest BCUT2D eigenvalue weighted by molar-refractivity contribution is -0.0364. The molecule has 90 valence electrons. The molecule has 0 bridgehead atoms. The van der Waals surface area contributed by atoms with Crippen LogP contribution in [0.3, 0.4) is 0 Å². The van der Waals surface area contributed by atoms with E-state index in [4.69, 9.17) is 4.74 Å². The van der Waals surface area contributed by atoms with Gasteiger partial charge in [-0.3, -0.25) is 0 Å². The molecule has 1 aliphatic heterocycles. The number of rotatable bonds is 5. The quantitative estimate of drug-likeness (QED) is 0.758.